The second-order valence-corrected chi connectivity index (χ2v) is 6.51. The van der Waals surface area contributed by atoms with Crippen LogP contribution in [0.15, 0.2) is 35.7 Å². The monoisotopic (exact) mass is 332 g/mol. The number of morpholine rings is 1. The van der Waals surface area contributed by atoms with Gasteiger partial charge in [-0.05, 0) is 12.5 Å². The number of hydrogen-bond donors (Lipinski definition) is 0. The van der Waals surface area contributed by atoms with Crippen LogP contribution in [0.25, 0.3) is 0 Å². The van der Waals surface area contributed by atoms with Crippen LogP contribution in [0.1, 0.15) is 16.3 Å². The zero-order valence-corrected chi connectivity index (χ0v) is 13.9. The normalized spacial score (nSPS) is 18.7. The van der Waals surface area contributed by atoms with Crippen molar-refractivity contribution in [3.8, 4) is 0 Å². The highest BCUT2D eigenvalue weighted by Crippen LogP contribution is 2.14. The van der Waals surface area contributed by atoms with Crippen molar-refractivity contribution in [2.24, 2.45) is 0 Å². The van der Waals surface area contributed by atoms with Gasteiger partial charge in [-0.25, -0.2) is 9.78 Å². The Morgan fingerprint density at radius 2 is 2.26 bits per heavy atom. The SMILES string of the molecule is Cc1csc(COC(=O)C2CN(Cc3ccccc3)CCO2)n1. The highest BCUT2D eigenvalue weighted by atomic mass is 32.1. The molecule has 1 atom stereocenters. The van der Waals surface area contributed by atoms with Gasteiger partial charge in [0.15, 0.2) is 6.10 Å². The van der Waals surface area contributed by atoms with Crippen LogP contribution >= 0.6 is 11.3 Å². The van der Waals surface area contributed by atoms with Crippen molar-refractivity contribution in [2.75, 3.05) is 19.7 Å². The van der Waals surface area contributed by atoms with Gasteiger partial charge in [-0.1, -0.05) is 30.3 Å². The topological polar surface area (TPSA) is 51.7 Å². The number of aromatic nitrogens is 1. The molecule has 0 bridgehead atoms. The summed E-state index contributed by atoms with van der Waals surface area (Å²) in [4.78, 5) is 18.7. The molecule has 5 nitrogen and oxygen atoms in total. The minimum absolute atomic E-state index is 0.218. The first-order valence-electron chi connectivity index (χ1n) is 7.66. The molecule has 1 aromatic heterocycles. The zero-order chi connectivity index (χ0) is 16.1. The van der Waals surface area contributed by atoms with Crippen LogP contribution in [-0.2, 0) is 27.4 Å². The van der Waals surface area contributed by atoms with Gasteiger partial charge in [-0.3, -0.25) is 4.90 Å². The Balaban J connectivity index is 1.50. The van der Waals surface area contributed by atoms with Crippen LogP contribution in [0, 0.1) is 6.92 Å². The van der Waals surface area contributed by atoms with E-state index in [4.69, 9.17) is 9.47 Å². The van der Waals surface area contributed by atoms with Crippen LogP contribution in [0.4, 0.5) is 0 Å². The number of rotatable bonds is 5. The minimum atomic E-state index is -0.520. The average Bonchev–Trinajstić information content (AvgIpc) is 2.99. The molecule has 0 amide bonds. The first-order valence-corrected chi connectivity index (χ1v) is 8.54. The molecular weight excluding hydrogens is 312 g/mol. The van der Waals surface area contributed by atoms with E-state index in [0.29, 0.717) is 13.2 Å². The molecule has 122 valence electrons. The molecule has 1 aliphatic heterocycles. The van der Waals surface area contributed by atoms with E-state index in [1.165, 1.54) is 16.9 Å². The lowest BCUT2D eigenvalue weighted by molar-refractivity contribution is -0.164. The maximum absolute atomic E-state index is 12.2. The van der Waals surface area contributed by atoms with E-state index < -0.39 is 6.10 Å². The van der Waals surface area contributed by atoms with Crippen LogP contribution in [-0.4, -0.2) is 41.7 Å². The van der Waals surface area contributed by atoms with Gasteiger partial charge in [0.25, 0.3) is 0 Å². The molecule has 0 aliphatic carbocycles. The fourth-order valence-electron chi connectivity index (χ4n) is 2.53. The molecule has 1 saturated heterocycles. The molecule has 1 aromatic carbocycles. The lowest BCUT2D eigenvalue weighted by atomic mass is 10.2. The quantitative estimate of drug-likeness (QED) is 0.787. The molecule has 0 N–H and O–H groups in total. The van der Waals surface area contributed by atoms with Gasteiger partial charge in [0.1, 0.15) is 11.6 Å². The third-order valence-corrected chi connectivity index (χ3v) is 4.61. The Kier molecular flexibility index (Phi) is 5.38. The van der Waals surface area contributed by atoms with E-state index in [9.17, 15) is 4.79 Å². The summed E-state index contributed by atoms with van der Waals surface area (Å²) in [7, 11) is 0. The van der Waals surface area contributed by atoms with Crippen molar-refractivity contribution in [1.82, 2.24) is 9.88 Å². The van der Waals surface area contributed by atoms with Crippen LogP contribution in [0.2, 0.25) is 0 Å². The molecule has 0 radical (unpaired) electrons. The molecule has 2 aromatic rings. The molecule has 1 unspecified atom stereocenters. The van der Waals surface area contributed by atoms with Crippen LogP contribution < -0.4 is 0 Å². The number of hydrogen-bond acceptors (Lipinski definition) is 6. The molecule has 6 heteroatoms. The third kappa shape index (κ3) is 4.60. The van der Waals surface area contributed by atoms with Crippen LogP contribution in [0.5, 0.6) is 0 Å². The zero-order valence-electron chi connectivity index (χ0n) is 13.1. The Hall–Kier alpha value is -1.76. The van der Waals surface area contributed by atoms with E-state index in [1.807, 2.05) is 30.5 Å². The van der Waals surface area contributed by atoms with Crippen molar-refractivity contribution in [3.63, 3.8) is 0 Å². The fourth-order valence-corrected chi connectivity index (χ4v) is 3.21. The maximum Gasteiger partial charge on any atom is 0.337 e. The van der Waals surface area contributed by atoms with Gasteiger partial charge in [0.05, 0.1) is 6.61 Å². The van der Waals surface area contributed by atoms with Crippen molar-refractivity contribution in [3.05, 3.63) is 52.0 Å². The van der Waals surface area contributed by atoms with Gasteiger partial charge >= 0.3 is 5.97 Å². The van der Waals surface area contributed by atoms with E-state index in [2.05, 4.69) is 22.0 Å². The second kappa shape index (κ2) is 7.68. The standard InChI is InChI=1S/C17H20N2O3S/c1-13-12-23-16(18-13)11-22-17(20)15-10-19(7-8-21-15)9-14-5-3-2-4-6-14/h2-6,12,15H,7-11H2,1H3. The summed E-state index contributed by atoms with van der Waals surface area (Å²) in [5, 5.41) is 2.76. The number of benzene rings is 1. The first kappa shape index (κ1) is 16.1. The number of thiazole rings is 1. The number of nitrogens with zero attached hydrogens (tertiary/aromatic N) is 2. The molecule has 23 heavy (non-hydrogen) atoms. The number of aryl methyl sites for hydroxylation is 1. The Morgan fingerprint density at radius 1 is 1.43 bits per heavy atom. The van der Waals surface area contributed by atoms with Gasteiger partial charge in [0.2, 0.25) is 0 Å². The predicted molar refractivity (Wildman–Crippen MR) is 88.1 cm³/mol. The molecule has 1 fully saturated rings. The van der Waals surface area contributed by atoms with Gasteiger partial charge < -0.3 is 9.47 Å². The third-order valence-electron chi connectivity index (χ3n) is 3.67. The summed E-state index contributed by atoms with van der Waals surface area (Å²) in [5.41, 5.74) is 2.18. The molecular formula is C17H20N2O3S. The highest BCUT2D eigenvalue weighted by Gasteiger charge is 2.28. The van der Waals surface area contributed by atoms with Gasteiger partial charge in [-0.2, -0.15) is 0 Å². The largest absolute Gasteiger partial charge is 0.456 e. The minimum Gasteiger partial charge on any atom is -0.456 e. The lowest BCUT2D eigenvalue weighted by Gasteiger charge is -2.31. The maximum atomic E-state index is 12.2. The summed E-state index contributed by atoms with van der Waals surface area (Å²) >= 11 is 1.50. The van der Waals surface area contributed by atoms with Crippen LogP contribution in [0.3, 0.4) is 0 Å². The predicted octanol–water partition coefficient (Wildman–Crippen LogP) is 2.40. The molecule has 2 heterocycles. The first-order chi connectivity index (χ1) is 11.2. The molecule has 1 aliphatic rings. The summed E-state index contributed by atoms with van der Waals surface area (Å²) in [5.74, 6) is -0.310. The van der Waals surface area contributed by atoms with E-state index in [0.717, 1.165) is 23.8 Å². The van der Waals surface area contributed by atoms with Gasteiger partial charge in [-0.15, -0.1) is 11.3 Å². The molecule has 0 spiro atoms. The molecule has 3 rings (SSSR count). The van der Waals surface area contributed by atoms with Crippen molar-refractivity contribution in [1.29, 1.82) is 0 Å². The second-order valence-electron chi connectivity index (χ2n) is 5.57. The Labute approximate surface area is 139 Å². The number of esters is 1. The van der Waals surface area contributed by atoms with Crippen molar-refractivity contribution < 1.29 is 14.3 Å². The summed E-state index contributed by atoms with van der Waals surface area (Å²) in [6.45, 7) is 4.89. The van der Waals surface area contributed by atoms with Gasteiger partial charge in [0, 0.05) is 30.7 Å². The average molecular weight is 332 g/mol. The van der Waals surface area contributed by atoms with E-state index in [-0.39, 0.29) is 12.6 Å². The smallest absolute Gasteiger partial charge is 0.337 e. The highest BCUT2D eigenvalue weighted by molar-refractivity contribution is 7.09. The lowest BCUT2D eigenvalue weighted by Crippen LogP contribution is -2.46. The Morgan fingerprint density at radius 3 is 3.00 bits per heavy atom. The van der Waals surface area contributed by atoms with E-state index >= 15 is 0 Å². The number of carbonyl (C=O) groups is 1. The molecule has 0 saturated carbocycles. The fraction of sp³-hybridized carbons (Fsp3) is 0.412. The van der Waals surface area contributed by atoms with Crippen molar-refractivity contribution >= 4 is 17.3 Å². The summed E-state index contributed by atoms with van der Waals surface area (Å²) in [6, 6.07) is 10.2. The summed E-state index contributed by atoms with van der Waals surface area (Å²) in [6.07, 6.45) is -0.520. The number of ether oxygens (including phenoxy) is 2. The van der Waals surface area contributed by atoms with E-state index in [1.54, 1.807) is 0 Å². The summed E-state index contributed by atoms with van der Waals surface area (Å²) < 4.78 is 10.9. The number of carbonyl (C=O) groups excluding carboxylic acids is 1. The van der Waals surface area contributed by atoms with Crippen molar-refractivity contribution in [2.45, 2.75) is 26.2 Å². The Bertz CT molecular complexity index is 644.